The van der Waals surface area contributed by atoms with Crippen LogP contribution in [0.15, 0.2) is 176 Å². The van der Waals surface area contributed by atoms with Crippen molar-refractivity contribution in [3.63, 3.8) is 0 Å². The number of anilines is 6. The monoisotopic (exact) mass is 1050 g/mol. The molecular formula is C66H90N12. The average Bonchev–Trinajstić information content (AvgIpc) is 3.49. The molecule has 0 atom stereocenters. The molecule has 0 spiro atoms. The van der Waals surface area contributed by atoms with Gasteiger partial charge in [-0.25, -0.2) is 0 Å². The standard InChI is InChI=1S/3C22H30N4/c3*1-5-25(6-2)21-13-9-19(10-14-21)17-23-24-18-20-11-15-22(16-12-20)26(7-3)8-4/h3*9-18H,5-8H2,1-4H3/b3*23-17+,24-18+. The smallest absolute Gasteiger partial charge is 0.0568 e. The predicted octanol–water partition coefficient (Wildman–Crippen LogP) is 14.5. The van der Waals surface area contributed by atoms with Crippen molar-refractivity contribution in [1.82, 2.24) is 0 Å². The van der Waals surface area contributed by atoms with Gasteiger partial charge in [-0.05, 0) is 189 Å². The van der Waals surface area contributed by atoms with Crippen molar-refractivity contribution in [1.29, 1.82) is 0 Å². The van der Waals surface area contributed by atoms with E-state index in [1.807, 2.05) is 0 Å². The third-order valence-corrected chi connectivity index (χ3v) is 13.6. The Morgan fingerprint density at radius 2 is 0.295 bits per heavy atom. The molecule has 0 aromatic heterocycles. The molecule has 6 aromatic rings. The Bertz CT molecular complexity index is 2190. The maximum Gasteiger partial charge on any atom is 0.0568 e. The van der Waals surface area contributed by atoms with E-state index in [9.17, 15) is 0 Å². The van der Waals surface area contributed by atoms with Gasteiger partial charge in [0.15, 0.2) is 0 Å². The lowest BCUT2D eigenvalue weighted by Gasteiger charge is -2.20. The molecule has 0 aliphatic rings. The van der Waals surface area contributed by atoms with Crippen molar-refractivity contribution in [2.24, 2.45) is 30.6 Å². The van der Waals surface area contributed by atoms with Crippen LogP contribution < -0.4 is 29.4 Å². The number of benzene rings is 6. The summed E-state index contributed by atoms with van der Waals surface area (Å²) in [6, 6.07) is 50.4. The lowest BCUT2D eigenvalue weighted by Crippen LogP contribution is -2.21. The maximum absolute atomic E-state index is 4.16. The Morgan fingerprint density at radius 1 is 0.192 bits per heavy atom. The van der Waals surface area contributed by atoms with E-state index in [4.69, 9.17) is 0 Å². The van der Waals surface area contributed by atoms with Gasteiger partial charge in [0, 0.05) is 113 Å². The molecule has 0 aliphatic heterocycles. The molecule has 0 heterocycles. The molecule has 0 unspecified atom stereocenters. The highest BCUT2D eigenvalue weighted by atomic mass is 15.2. The molecular weight excluding hydrogens is 961 g/mol. The molecule has 414 valence electrons. The van der Waals surface area contributed by atoms with E-state index in [0.717, 1.165) is 112 Å². The second-order valence-corrected chi connectivity index (χ2v) is 18.1. The van der Waals surface area contributed by atoms with E-state index in [-0.39, 0.29) is 0 Å². The fourth-order valence-corrected chi connectivity index (χ4v) is 8.76. The predicted molar refractivity (Wildman–Crippen MR) is 346 cm³/mol. The molecule has 0 N–H and O–H groups in total. The van der Waals surface area contributed by atoms with E-state index >= 15 is 0 Å². The molecule has 12 heteroatoms. The lowest BCUT2D eigenvalue weighted by atomic mass is 10.2. The summed E-state index contributed by atoms with van der Waals surface area (Å²) in [6.07, 6.45) is 10.7. The van der Waals surface area contributed by atoms with Crippen LogP contribution in [0.1, 0.15) is 116 Å². The third-order valence-electron chi connectivity index (χ3n) is 13.6. The second kappa shape index (κ2) is 36.2. The summed E-state index contributed by atoms with van der Waals surface area (Å²) >= 11 is 0. The summed E-state index contributed by atoms with van der Waals surface area (Å²) in [5, 5.41) is 25.0. The topological polar surface area (TPSA) is 93.6 Å². The first kappa shape index (κ1) is 62.7. The number of nitrogens with zero attached hydrogens (tertiary/aromatic N) is 12. The molecule has 0 saturated heterocycles. The molecule has 0 aliphatic carbocycles. The van der Waals surface area contributed by atoms with Gasteiger partial charge in [0.05, 0.1) is 37.3 Å². The van der Waals surface area contributed by atoms with Crippen LogP contribution in [0.25, 0.3) is 0 Å². The van der Waals surface area contributed by atoms with Gasteiger partial charge in [-0.3, -0.25) is 0 Å². The highest BCUT2D eigenvalue weighted by molar-refractivity contribution is 5.85. The number of hydrogen-bond acceptors (Lipinski definition) is 12. The van der Waals surface area contributed by atoms with Gasteiger partial charge < -0.3 is 29.4 Å². The van der Waals surface area contributed by atoms with E-state index in [1.165, 1.54) is 34.1 Å². The van der Waals surface area contributed by atoms with Crippen LogP contribution in [-0.4, -0.2) is 116 Å². The molecule has 0 radical (unpaired) electrons. The zero-order valence-corrected chi connectivity index (χ0v) is 49.2. The van der Waals surface area contributed by atoms with Crippen LogP contribution in [0, 0.1) is 0 Å². The van der Waals surface area contributed by atoms with E-state index in [0.29, 0.717) is 0 Å². The Hall–Kier alpha value is -7.86. The SMILES string of the molecule is CCN(CC)c1ccc(/C=N/N=C/c2ccc(N(CC)CC)cc2)cc1.CCN(CC)c1ccc(/C=N/N=C/c2ccc(N(CC)CC)cc2)cc1.CCN(CC)c1ccc(/C=N/N=C/c2ccc(N(CC)CC)cc2)cc1. The van der Waals surface area contributed by atoms with Gasteiger partial charge in [0.1, 0.15) is 0 Å². The van der Waals surface area contributed by atoms with E-state index in [2.05, 4.69) is 289 Å². The summed E-state index contributed by atoms with van der Waals surface area (Å²) in [4.78, 5) is 13.9. The first-order valence-electron chi connectivity index (χ1n) is 28.4. The largest absolute Gasteiger partial charge is 0.372 e. The molecule has 0 saturated carbocycles. The van der Waals surface area contributed by atoms with Gasteiger partial charge in [-0.15, -0.1) is 0 Å². The van der Waals surface area contributed by atoms with Crippen LogP contribution in [-0.2, 0) is 0 Å². The second-order valence-electron chi connectivity index (χ2n) is 18.1. The lowest BCUT2D eigenvalue weighted by molar-refractivity contribution is 0.866. The molecule has 78 heavy (non-hydrogen) atoms. The van der Waals surface area contributed by atoms with Crippen molar-refractivity contribution in [2.45, 2.75) is 83.1 Å². The van der Waals surface area contributed by atoms with Crippen LogP contribution in [0.4, 0.5) is 34.1 Å². The van der Waals surface area contributed by atoms with Gasteiger partial charge in [0.25, 0.3) is 0 Å². The molecule has 6 rings (SSSR count). The molecule has 0 fully saturated rings. The van der Waals surface area contributed by atoms with Gasteiger partial charge in [-0.1, -0.05) is 72.8 Å². The first-order valence-corrected chi connectivity index (χ1v) is 28.4. The quantitative estimate of drug-likeness (QED) is 0.0377. The van der Waals surface area contributed by atoms with E-state index < -0.39 is 0 Å². The Morgan fingerprint density at radius 3 is 0.385 bits per heavy atom. The van der Waals surface area contributed by atoms with Crippen LogP contribution >= 0.6 is 0 Å². The van der Waals surface area contributed by atoms with Gasteiger partial charge >= 0.3 is 0 Å². The summed E-state index contributed by atoms with van der Waals surface area (Å²) in [5.41, 5.74) is 13.7. The summed E-state index contributed by atoms with van der Waals surface area (Å²) in [7, 11) is 0. The normalized spacial score (nSPS) is 11.4. The van der Waals surface area contributed by atoms with Crippen LogP contribution in [0.2, 0.25) is 0 Å². The van der Waals surface area contributed by atoms with Crippen molar-refractivity contribution in [3.05, 3.63) is 179 Å². The fourth-order valence-electron chi connectivity index (χ4n) is 8.76. The molecule has 12 nitrogen and oxygen atoms in total. The Balaban J connectivity index is 0.000000252. The zero-order valence-electron chi connectivity index (χ0n) is 49.2. The van der Waals surface area contributed by atoms with Crippen molar-refractivity contribution in [2.75, 3.05) is 108 Å². The van der Waals surface area contributed by atoms with Crippen molar-refractivity contribution in [3.8, 4) is 0 Å². The highest BCUT2D eigenvalue weighted by Crippen LogP contribution is 2.19. The third kappa shape index (κ3) is 20.9. The van der Waals surface area contributed by atoms with E-state index in [1.54, 1.807) is 37.3 Å². The molecule has 0 bridgehead atoms. The first-order chi connectivity index (χ1) is 38.1. The van der Waals surface area contributed by atoms with Crippen LogP contribution in [0.3, 0.4) is 0 Å². The highest BCUT2D eigenvalue weighted by Gasteiger charge is 2.05. The maximum atomic E-state index is 4.16. The Labute approximate surface area is 470 Å². The van der Waals surface area contributed by atoms with Crippen LogP contribution in [0.5, 0.6) is 0 Å². The zero-order chi connectivity index (χ0) is 56.3. The number of hydrogen-bond donors (Lipinski definition) is 0. The number of rotatable bonds is 27. The molecule has 0 amide bonds. The fraction of sp³-hybridized carbons (Fsp3) is 0.364. The average molecular weight is 1050 g/mol. The summed E-state index contributed by atoms with van der Waals surface area (Å²) in [5.74, 6) is 0. The summed E-state index contributed by atoms with van der Waals surface area (Å²) in [6.45, 7) is 38.2. The summed E-state index contributed by atoms with van der Waals surface area (Å²) < 4.78 is 0. The minimum absolute atomic E-state index is 1.02. The Kier molecular flexibility index (Phi) is 29.1. The van der Waals surface area contributed by atoms with Crippen molar-refractivity contribution < 1.29 is 0 Å². The van der Waals surface area contributed by atoms with Gasteiger partial charge in [-0.2, -0.15) is 30.6 Å². The molecule has 6 aromatic carbocycles. The van der Waals surface area contributed by atoms with Gasteiger partial charge in [0.2, 0.25) is 0 Å². The minimum Gasteiger partial charge on any atom is -0.372 e. The minimum atomic E-state index is 1.02. The van der Waals surface area contributed by atoms with Crippen molar-refractivity contribution >= 4 is 71.4 Å².